The van der Waals surface area contributed by atoms with E-state index in [1.165, 1.54) is 70.3 Å². The van der Waals surface area contributed by atoms with Crippen LogP contribution in [0.2, 0.25) is 0 Å². The van der Waals surface area contributed by atoms with Crippen LogP contribution >= 0.6 is 0 Å². The Hall–Kier alpha value is -0.480. The summed E-state index contributed by atoms with van der Waals surface area (Å²) < 4.78 is 37.7. The van der Waals surface area contributed by atoms with Gasteiger partial charge in [0, 0.05) is 11.8 Å². The molecule has 3 aliphatic carbocycles. The van der Waals surface area contributed by atoms with Crippen LogP contribution in [0.3, 0.4) is 0 Å². The molecule has 190 valence electrons. The summed E-state index contributed by atoms with van der Waals surface area (Å²) >= 11 is 0. The Morgan fingerprint density at radius 2 is 1.21 bits per heavy atom. The van der Waals surface area contributed by atoms with Gasteiger partial charge in [-0.25, -0.2) is 0 Å². The summed E-state index contributed by atoms with van der Waals surface area (Å²) in [5.41, 5.74) is 0. The molecule has 4 fully saturated rings. The molecule has 1 heterocycles. The van der Waals surface area contributed by atoms with Crippen molar-refractivity contribution in [2.75, 3.05) is 13.2 Å². The molecule has 0 aromatic carbocycles. The van der Waals surface area contributed by atoms with Crippen molar-refractivity contribution in [1.82, 2.24) is 0 Å². The highest BCUT2D eigenvalue weighted by Gasteiger charge is 2.38. The minimum atomic E-state index is -1.49. The number of hydrogen-bond acceptors (Lipinski definition) is 2. The zero-order valence-corrected chi connectivity index (χ0v) is 21.2. The lowest BCUT2D eigenvalue weighted by Gasteiger charge is -2.43. The van der Waals surface area contributed by atoms with Crippen molar-refractivity contribution in [3.05, 3.63) is 12.2 Å². The predicted molar refractivity (Wildman–Crippen MR) is 130 cm³/mol. The van der Waals surface area contributed by atoms with E-state index in [0.29, 0.717) is 11.8 Å². The van der Waals surface area contributed by atoms with Crippen molar-refractivity contribution in [3.8, 4) is 0 Å². The molecule has 0 amide bonds. The van der Waals surface area contributed by atoms with E-state index in [1.54, 1.807) is 0 Å². The van der Waals surface area contributed by atoms with E-state index in [2.05, 4.69) is 13.8 Å². The maximum absolute atomic E-state index is 12.5. The largest absolute Gasteiger partial charge is 0.352 e. The molecule has 33 heavy (non-hydrogen) atoms. The monoisotopic (exact) mass is 466 g/mol. The molecule has 3 saturated carbocycles. The van der Waals surface area contributed by atoms with Crippen molar-refractivity contribution >= 4 is 0 Å². The van der Waals surface area contributed by atoms with Crippen molar-refractivity contribution in [3.63, 3.8) is 0 Å². The summed E-state index contributed by atoms with van der Waals surface area (Å²) in [6, 6.07) is 0. The average Bonchev–Trinajstić information content (AvgIpc) is 2.85. The second-order valence-corrected chi connectivity index (χ2v) is 12.0. The minimum absolute atomic E-state index is 0.0402. The minimum Gasteiger partial charge on any atom is -0.352 e. The van der Waals surface area contributed by atoms with Crippen LogP contribution in [-0.2, 0) is 9.47 Å². The lowest BCUT2D eigenvalue weighted by molar-refractivity contribution is -0.237. The number of ether oxygens (including phenoxy) is 2. The van der Waals surface area contributed by atoms with Gasteiger partial charge < -0.3 is 9.47 Å². The van der Waals surface area contributed by atoms with E-state index in [-0.39, 0.29) is 12.2 Å². The molecule has 0 aromatic rings. The van der Waals surface area contributed by atoms with Crippen LogP contribution in [-0.4, -0.2) is 19.5 Å². The molecule has 1 unspecified atom stereocenters. The van der Waals surface area contributed by atoms with Crippen LogP contribution in [0, 0.1) is 47.3 Å². The second-order valence-electron chi connectivity index (χ2n) is 12.0. The van der Waals surface area contributed by atoms with Crippen molar-refractivity contribution in [2.45, 2.75) is 110 Å². The van der Waals surface area contributed by atoms with E-state index >= 15 is 0 Å². The van der Waals surface area contributed by atoms with E-state index in [4.69, 9.17) is 9.47 Å². The van der Waals surface area contributed by atoms with Crippen LogP contribution in [0.4, 0.5) is 8.78 Å². The summed E-state index contributed by atoms with van der Waals surface area (Å²) in [6.45, 7) is 6.52. The lowest BCUT2D eigenvalue weighted by atomic mass is 9.67. The second kappa shape index (κ2) is 12.5. The maximum atomic E-state index is 12.5. The van der Waals surface area contributed by atoms with Gasteiger partial charge in [-0.2, -0.15) is 8.78 Å². The normalized spacial score (nSPS) is 41.3. The third-order valence-corrected chi connectivity index (χ3v) is 10.0. The summed E-state index contributed by atoms with van der Waals surface area (Å²) in [5, 5.41) is 0. The fourth-order valence-electron chi connectivity index (χ4n) is 7.80. The summed E-state index contributed by atoms with van der Waals surface area (Å²) in [6.07, 6.45) is 17.1. The molecular weight excluding hydrogens is 418 g/mol. The Balaban J connectivity index is 1.13. The molecule has 2 nitrogen and oxygen atoms in total. The van der Waals surface area contributed by atoms with Gasteiger partial charge in [-0.15, -0.1) is 0 Å². The van der Waals surface area contributed by atoms with Gasteiger partial charge in [-0.1, -0.05) is 26.7 Å². The quantitative estimate of drug-likeness (QED) is 0.374. The molecule has 0 N–H and O–H groups in total. The summed E-state index contributed by atoms with van der Waals surface area (Å²) in [5.74, 6) is 5.37. The van der Waals surface area contributed by atoms with Gasteiger partial charge >= 0.3 is 0 Å². The first kappa shape index (κ1) is 25.6. The maximum Gasteiger partial charge on any atom is 0.266 e. The first-order valence-electron chi connectivity index (χ1n) is 14.3. The molecular formula is C29H48F2O2. The Bertz CT molecular complexity index is 587. The smallest absolute Gasteiger partial charge is 0.266 e. The lowest BCUT2D eigenvalue weighted by Crippen LogP contribution is -2.42. The fourth-order valence-corrected chi connectivity index (χ4v) is 7.80. The topological polar surface area (TPSA) is 18.5 Å². The molecule has 0 bridgehead atoms. The van der Waals surface area contributed by atoms with Crippen LogP contribution < -0.4 is 0 Å². The number of rotatable bonds is 7. The fraction of sp³-hybridized carbons (Fsp3) is 0.931. The van der Waals surface area contributed by atoms with E-state index in [9.17, 15) is 8.78 Å². The Morgan fingerprint density at radius 1 is 0.727 bits per heavy atom. The van der Waals surface area contributed by atoms with Gasteiger partial charge in [-0.05, 0) is 119 Å². The zero-order valence-electron chi connectivity index (χ0n) is 21.2. The molecule has 1 aliphatic heterocycles. The molecule has 0 radical (unpaired) electrons. The van der Waals surface area contributed by atoms with E-state index in [0.717, 1.165) is 68.5 Å². The van der Waals surface area contributed by atoms with Crippen molar-refractivity contribution < 1.29 is 18.3 Å². The molecule has 0 spiro atoms. The number of halogens is 2. The third-order valence-electron chi connectivity index (χ3n) is 10.0. The first-order chi connectivity index (χ1) is 16.0. The van der Waals surface area contributed by atoms with Crippen LogP contribution in [0.25, 0.3) is 0 Å². The standard InChI is InChI=1S/C29H48F2O2/c1-3-4-20(2)22-9-15-26(16-10-22)29-32-18-27(19-33-29)25-13-11-24(12-14-25)23-7-5-21(6-8-23)17-28(30)31/h17,20-27,29H,3-16,18-19H2,1-2H3. The van der Waals surface area contributed by atoms with Gasteiger partial charge in [0.2, 0.25) is 0 Å². The summed E-state index contributed by atoms with van der Waals surface area (Å²) in [7, 11) is 0. The molecule has 1 atom stereocenters. The molecule has 4 aliphatic rings. The first-order valence-corrected chi connectivity index (χ1v) is 14.3. The van der Waals surface area contributed by atoms with E-state index in [1.807, 2.05) is 0 Å². The zero-order chi connectivity index (χ0) is 23.2. The summed E-state index contributed by atoms with van der Waals surface area (Å²) in [4.78, 5) is 0. The highest BCUT2D eigenvalue weighted by atomic mass is 19.3. The molecule has 0 aromatic heterocycles. The van der Waals surface area contributed by atoms with Crippen LogP contribution in [0.1, 0.15) is 104 Å². The van der Waals surface area contributed by atoms with Crippen molar-refractivity contribution in [2.24, 2.45) is 47.3 Å². The SMILES string of the molecule is CCCC(C)C1CCC(C2OCC(C3CCC(C4CCC(C=C(F)F)CC4)CC3)CO2)CC1. The average molecular weight is 467 g/mol. The van der Waals surface area contributed by atoms with Crippen molar-refractivity contribution in [1.29, 1.82) is 0 Å². The third kappa shape index (κ3) is 7.03. The van der Waals surface area contributed by atoms with E-state index < -0.39 is 6.08 Å². The van der Waals surface area contributed by atoms with Gasteiger partial charge in [0.05, 0.1) is 13.2 Å². The highest BCUT2D eigenvalue weighted by Crippen LogP contribution is 2.44. The van der Waals surface area contributed by atoms with Gasteiger partial charge in [0.25, 0.3) is 6.08 Å². The van der Waals surface area contributed by atoms with Gasteiger partial charge in [0.15, 0.2) is 6.29 Å². The highest BCUT2D eigenvalue weighted by molar-refractivity contribution is 4.92. The van der Waals surface area contributed by atoms with Gasteiger partial charge in [0.1, 0.15) is 0 Å². The Morgan fingerprint density at radius 3 is 1.73 bits per heavy atom. The molecule has 4 rings (SSSR count). The Kier molecular flexibility index (Phi) is 9.68. The van der Waals surface area contributed by atoms with Crippen LogP contribution in [0.5, 0.6) is 0 Å². The van der Waals surface area contributed by atoms with Crippen LogP contribution in [0.15, 0.2) is 12.2 Å². The molecule has 4 heteroatoms. The predicted octanol–water partition coefficient (Wildman–Crippen LogP) is 8.61. The molecule has 1 saturated heterocycles. The number of hydrogen-bond donors (Lipinski definition) is 0. The number of allylic oxidation sites excluding steroid dienone is 1. The van der Waals surface area contributed by atoms with Gasteiger partial charge in [-0.3, -0.25) is 0 Å². The Labute approximate surface area is 201 Å².